The van der Waals surface area contributed by atoms with Gasteiger partial charge in [-0.15, -0.1) is 0 Å². The summed E-state index contributed by atoms with van der Waals surface area (Å²) in [6.07, 6.45) is 0. The lowest BCUT2D eigenvalue weighted by Gasteiger charge is -2.13. The highest BCUT2D eigenvalue weighted by Crippen LogP contribution is 2.30. The molecule has 0 aliphatic heterocycles. The molecule has 0 spiro atoms. The molecule has 0 aliphatic rings. The first-order valence-electron chi connectivity index (χ1n) is 8.34. The maximum atomic E-state index is 12.7. The van der Waals surface area contributed by atoms with E-state index in [0.717, 1.165) is 5.56 Å². The van der Waals surface area contributed by atoms with Gasteiger partial charge in [0.2, 0.25) is 0 Å². The summed E-state index contributed by atoms with van der Waals surface area (Å²) in [6, 6.07) is 19.0. The zero-order valence-corrected chi connectivity index (χ0v) is 14.9. The monoisotopic (exact) mass is 362 g/mol. The van der Waals surface area contributed by atoms with Crippen molar-refractivity contribution in [2.45, 2.75) is 13.8 Å². The molecule has 3 aromatic carbocycles. The van der Waals surface area contributed by atoms with Crippen LogP contribution in [0.5, 0.6) is 11.5 Å². The van der Waals surface area contributed by atoms with E-state index in [2.05, 4.69) is 5.32 Å². The van der Waals surface area contributed by atoms with E-state index in [1.54, 1.807) is 37.3 Å². The summed E-state index contributed by atoms with van der Waals surface area (Å²) in [7, 11) is 0. The number of carbonyl (C=O) groups is 1. The fourth-order valence-electron chi connectivity index (χ4n) is 2.72. The molecule has 27 heavy (non-hydrogen) atoms. The third-order valence-electron chi connectivity index (χ3n) is 4.10. The average molecular weight is 362 g/mol. The van der Waals surface area contributed by atoms with E-state index in [9.17, 15) is 14.9 Å². The van der Waals surface area contributed by atoms with Crippen molar-refractivity contribution in [2.24, 2.45) is 0 Å². The maximum Gasteiger partial charge on any atom is 0.273 e. The van der Waals surface area contributed by atoms with Gasteiger partial charge in [-0.3, -0.25) is 14.9 Å². The Morgan fingerprint density at radius 1 is 1.00 bits per heavy atom. The molecule has 136 valence electrons. The van der Waals surface area contributed by atoms with E-state index in [0.29, 0.717) is 22.7 Å². The molecular formula is C21H18N2O4. The number of hydrogen-bond acceptors (Lipinski definition) is 4. The van der Waals surface area contributed by atoms with E-state index < -0.39 is 10.8 Å². The number of ether oxygens (including phenoxy) is 1. The van der Waals surface area contributed by atoms with Gasteiger partial charge in [0, 0.05) is 17.2 Å². The molecule has 6 heteroatoms. The predicted molar refractivity (Wildman–Crippen MR) is 103 cm³/mol. The Hall–Kier alpha value is -3.67. The van der Waals surface area contributed by atoms with Crippen molar-refractivity contribution in [3.8, 4) is 11.5 Å². The smallest absolute Gasteiger partial charge is 0.273 e. The Morgan fingerprint density at radius 3 is 2.48 bits per heavy atom. The molecule has 3 rings (SSSR count). The van der Waals surface area contributed by atoms with Crippen LogP contribution >= 0.6 is 0 Å². The van der Waals surface area contributed by atoms with Crippen LogP contribution in [0.1, 0.15) is 21.5 Å². The molecule has 0 heterocycles. The minimum Gasteiger partial charge on any atom is -0.455 e. The van der Waals surface area contributed by atoms with Gasteiger partial charge in [0.25, 0.3) is 11.6 Å². The number of rotatable bonds is 5. The zero-order chi connectivity index (χ0) is 19.4. The normalized spacial score (nSPS) is 10.3. The molecule has 0 aliphatic carbocycles. The molecule has 0 bridgehead atoms. The molecule has 1 N–H and O–H groups in total. The lowest BCUT2D eigenvalue weighted by atomic mass is 10.1. The highest BCUT2D eigenvalue weighted by Gasteiger charge is 2.19. The largest absolute Gasteiger partial charge is 0.455 e. The molecule has 0 radical (unpaired) electrons. The number of nitro groups is 1. The van der Waals surface area contributed by atoms with Crippen molar-refractivity contribution in [1.82, 2.24) is 0 Å². The summed E-state index contributed by atoms with van der Waals surface area (Å²) < 4.78 is 5.90. The molecule has 1 amide bonds. The Morgan fingerprint density at radius 2 is 1.74 bits per heavy atom. The number of para-hydroxylation sites is 2. The van der Waals surface area contributed by atoms with Gasteiger partial charge in [-0.2, -0.15) is 0 Å². The fraction of sp³-hybridized carbons (Fsp3) is 0.0952. The van der Waals surface area contributed by atoms with E-state index in [-0.39, 0.29) is 11.3 Å². The number of anilines is 1. The van der Waals surface area contributed by atoms with Crippen molar-refractivity contribution in [1.29, 1.82) is 0 Å². The summed E-state index contributed by atoms with van der Waals surface area (Å²) in [5.74, 6) is 0.708. The van der Waals surface area contributed by atoms with Crippen molar-refractivity contribution in [2.75, 3.05) is 5.32 Å². The number of hydrogen-bond donors (Lipinski definition) is 1. The second-order valence-electron chi connectivity index (χ2n) is 6.08. The molecule has 0 fully saturated rings. The highest BCUT2D eigenvalue weighted by molar-refractivity contribution is 6.06. The minimum absolute atomic E-state index is 0.0908. The first-order valence-corrected chi connectivity index (χ1v) is 8.34. The van der Waals surface area contributed by atoms with Crippen LogP contribution < -0.4 is 10.1 Å². The van der Waals surface area contributed by atoms with E-state index in [1.165, 1.54) is 12.1 Å². The minimum atomic E-state index is -0.499. The number of nitro benzene ring substituents is 1. The van der Waals surface area contributed by atoms with Gasteiger partial charge in [0.15, 0.2) is 5.75 Å². The Balaban J connectivity index is 1.87. The summed E-state index contributed by atoms with van der Waals surface area (Å²) >= 11 is 0. The third kappa shape index (κ3) is 4.12. The SMILES string of the molecule is Cc1cccc(Oc2ccccc2NC(=O)c2cccc([N+](=O)[O-])c2C)c1. The molecular weight excluding hydrogens is 344 g/mol. The number of carbonyl (C=O) groups excluding carboxylic acids is 1. The van der Waals surface area contributed by atoms with E-state index in [1.807, 2.05) is 31.2 Å². The summed E-state index contributed by atoms with van der Waals surface area (Å²) in [5, 5.41) is 13.9. The first-order chi connectivity index (χ1) is 13.0. The van der Waals surface area contributed by atoms with Crippen molar-refractivity contribution in [3.05, 3.63) is 93.5 Å². The molecule has 6 nitrogen and oxygen atoms in total. The topological polar surface area (TPSA) is 81.5 Å². The van der Waals surface area contributed by atoms with Crippen LogP contribution in [-0.2, 0) is 0 Å². The van der Waals surface area contributed by atoms with Crippen LogP contribution in [-0.4, -0.2) is 10.8 Å². The van der Waals surface area contributed by atoms with Crippen LogP contribution in [0, 0.1) is 24.0 Å². The van der Waals surface area contributed by atoms with E-state index >= 15 is 0 Å². The molecule has 0 saturated carbocycles. The Kier molecular flexibility index (Phi) is 5.17. The van der Waals surface area contributed by atoms with Gasteiger partial charge >= 0.3 is 0 Å². The van der Waals surface area contributed by atoms with Crippen LogP contribution in [0.15, 0.2) is 66.7 Å². The molecule has 0 saturated heterocycles. The average Bonchev–Trinajstić information content (AvgIpc) is 2.63. The summed E-state index contributed by atoms with van der Waals surface area (Å²) in [5.41, 5.74) is 2.01. The second-order valence-corrected chi connectivity index (χ2v) is 6.08. The van der Waals surface area contributed by atoms with Crippen molar-refractivity contribution < 1.29 is 14.5 Å². The van der Waals surface area contributed by atoms with Crippen LogP contribution in [0.2, 0.25) is 0 Å². The van der Waals surface area contributed by atoms with Gasteiger partial charge < -0.3 is 10.1 Å². The number of nitrogens with zero attached hydrogens (tertiary/aromatic N) is 1. The lowest BCUT2D eigenvalue weighted by Crippen LogP contribution is -2.14. The number of aryl methyl sites for hydroxylation is 1. The predicted octanol–water partition coefficient (Wildman–Crippen LogP) is 5.26. The van der Waals surface area contributed by atoms with Gasteiger partial charge in [-0.1, -0.05) is 30.3 Å². The van der Waals surface area contributed by atoms with Crippen molar-refractivity contribution in [3.63, 3.8) is 0 Å². The Labute approximate surface area is 156 Å². The van der Waals surface area contributed by atoms with Gasteiger partial charge in [-0.25, -0.2) is 0 Å². The zero-order valence-electron chi connectivity index (χ0n) is 14.9. The van der Waals surface area contributed by atoms with Crippen LogP contribution in [0.25, 0.3) is 0 Å². The molecule has 0 atom stereocenters. The number of nitrogens with one attached hydrogen (secondary N) is 1. The van der Waals surface area contributed by atoms with Gasteiger partial charge in [0.1, 0.15) is 5.75 Å². The van der Waals surface area contributed by atoms with E-state index in [4.69, 9.17) is 4.74 Å². The lowest BCUT2D eigenvalue weighted by molar-refractivity contribution is -0.385. The van der Waals surface area contributed by atoms with Crippen LogP contribution in [0.3, 0.4) is 0 Å². The fourth-order valence-corrected chi connectivity index (χ4v) is 2.72. The van der Waals surface area contributed by atoms with Crippen molar-refractivity contribution >= 4 is 17.3 Å². The molecule has 3 aromatic rings. The molecule has 0 unspecified atom stereocenters. The van der Waals surface area contributed by atoms with Gasteiger partial charge in [0.05, 0.1) is 10.6 Å². The third-order valence-corrected chi connectivity index (χ3v) is 4.10. The quantitative estimate of drug-likeness (QED) is 0.496. The summed E-state index contributed by atoms with van der Waals surface area (Å²) in [4.78, 5) is 23.3. The number of benzene rings is 3. The highest BCUT2D eigenvalue weighted by atomic mass is 16.6. The first kappa shape index (κ1) is 18.1. The second kappa shape index (κ2) is 7.70. The Bertz CT molecular complexity index is 1010. The summed E-state index contributed by atoms with van der Waals surface area (Å²) in [6.45, 7) is 3.52. The maximum absolute atomic E-state index is 12.7. The molecule has 0 aromatic heterocycles. The standard InChI is InChI=1S/C21H18N2O4/c1-14-7-5-8-16(13-14)27-20-12-4-3-10-18(20)22-21(24)17-9-6-11-19(15(17)2)23(25)26/h3-13H,1-2H3,(H,22,24). The number of amides is 1. The van der Waals surface area contributed by atoms with Crippen LogP contribution in [0.4, 0.5) is 11.4 Å². The van der Waals surface area contributed by atoms with Gasteiger partial charge in [-0.05, 0) is 49.7 Å².